The van der Waals surface area contributed by atoms with E-state index in [4.69, 9.17) is 30.5 Å². The number of nitrogens with zero attached hydrogens (tertiary/aromatic N) is 4. The topological polar surface area (TPSA) is 112 Å². The lowest BCUT2D eigenvalue weighted by Crippen LogP contribution is -2.52. The monoisotopic (exact) mass is 592 g/mol. The van der Waals surface area contributed by atoms with Gasteiger partial charge < -0.3 is 34.5 Å². The van der Waals surface area contributed by atoms with Crippen LogP contribution < -0.4 is 29.7 Å². The Hall–Kier alpha value is -4.22. The number of pyridine rings is 1. The van der Waals surface area contributed by atoms with E-state index in [2.05, 4.69) is 20.6 Å². The summed E-state index contributed by atoms with van der Waals surface area (Å²) in [6.45, 7) is 2.41. The quantitative estimate of drug-likeness (QED) is 0.263. The van der Waals surface area contributed by atoms with Crippen LogP contribution in [-0.4, -0.2) is 67.1 Å². The van der Waals surface area contributed by atoms with Gasteiger partial charge in [0.1, 0.15) is 40.9 Å². The minimum atomic E-state index is -0.328. The molecule has 0 radical (unpaired) electrons. The van der Waals surface area contributed by atoms with Crippen LogP contribution in [0.2, 0.25) is 5.15 Å². The Bertz CT molecular complexity index is 1610. The molecule has 1 saturated carbocycles. The Labute approximate surface area is 248 Å². The lowest BCUT2D eigenvalue weighted by atomic mass is 9.89. The number of ether oxygens (including phenoxy) is 4. The van der Waals surface area contributed by atoms with Crippen LogP contribution in [0, 0.1) is 0 Å². The molecule has 2 N–H and O–H groups in total. The minimum absolute atomic E-state index is 0.0818. The van der Waals surface area contributed by atoms with Crippen molar-refractivity contribution in [3.63, 3.8) is 0 Å². The molecule has 1 fully saturated rings. The predicted octanol–water partition coefficient (Wildman–Crippen LogP) is 4.85. The second-order valence-electron chi connectivity index (χ2n) is 10.4. The Kier molecular flexibility index (Phi) is 7.94. The molecule has 6 rings (SSSR count). The van der Waals surface area contributed by atoms with Crippen molar-refractivity contribution in [3.05, 3.63) is 65.1 Å². The maximum atomic E-state index is 13.3. The lowest BCUT2D eigenvalue weighted by molar-refractivity contribution is -0.0323. The van der Waals surface area contributed by atoms with Crippen molar-refractivity contribution in [2.24, 2.45) is 0 Å². The number of hydrogen-bond donors (Lipinski definition) is 2. The molecule has 12 heteroatoms. The maximum absolute atomic E-state index is 13.3. The van der Waals surface area contributed by atoms with E-state index in [0.717, 1.165) is 47.6 Å². The third kappa shape index (κ3) is 5.62. The van der Waals surface area contributed by atoms with Crippen LogP contribution >= 0.6 is 11.6 Å². The summed E-state index contributed by atoms with van der Waals surface area (Å²) in [4.78, 5) is 24.3. The van der Waals surface area contributed by atoms with Crippen molar-refractivity contribution < 1.29 is 23.7 Å². The Morgan fingerprint density at radius 2 is 2.07 bits per heavy atom. The molecule has 1 aliphatic heterocycles. The van der Waals surface area contributed by atoms with Crippen LogP contribution in [0.5, 0.6) is 17.2 Å². The molecule has 2 aromatic carbocycles. The molecule has 0 spiro atoms. The summed E-state index contributed by atoms with van der Waals surface area (Å²) in [7, 11) is 5.17. The lowest BCUT2D eigenvalue weighted by Gasteiger charge is -2.36. The Morgan fingerprint density at radius 1 is 1.19 bits per heavy atom. The first-order valence-electron chi connectivity index (χ1n) is 13.8. The number of methoxy groups -OCH3 is 2. The summed E-state index contributed by atoms with van der Waals surface area (Å²) in [5.41, 5.74) is 4.67. The minimum Gasteiger partial charge on any atom is -0.497 e. The highest BCUT2D eigenvalue weighted by atomic mass is 35.5. The van der Waals surface area contributed by atoms with Crippen molar-refractivity contribution >= 4 is 40.2 Å². The molecule has 11 nitrogen and oxygen atoms in total. The second-order valence-corrected chi connectivity index (χ2v) is 10.8. The molecular weight excluding hydrogens is 560 g/mol. The molecule has 0 saturated heterocycles. The molecule has 2 aromatic heterocycles. The number of hydrogen-bond acceptors (Lipinski definition) is 9. The predicted molar refractivity (Wildman–Crippen MR) is 160 cm³/mol. The zero-order valence-corrected chi connectivity index (χ0v) is 24.5. The van der Waals surface area contributed by atoms with E-state index in [1.807, 2.05) is 48.3 Å². The molecule has 0 unspecified atom stereocenters. The van der Waals surface area contributed by atoms with Gasteiger partial charge in [0, 0.05) is 37.8 Å². The highest BCUT2D eigenvalue weighted by Crippen LogP contribution is 2.32. The van der Waals surface area contributed by atoms with Crippen LogP contribution in [0.1, 0.15) is 24.0 Å². The van der Waals surface area contributed by atoms with E-state index in [-0.39, 0.29) is 23.3 Å². The van der Waals surface area contributed by atoms with Crippen LogP contribution in [0.3, 0.4) is 0 Å². The fourth-order valence-electron chi connectivity index (χ4n) is 5.25. The highest BCUT2D eigenvalue weighted by molar-refractivity contribution is 6.30. The maximum Gasteiger partial charge on any atom is 0.328 e. The number of fused-ring (bicyclic) bond motifs is 2. The fourth-order valence-corrected chi connectivity index (χ4v) is 5.43. The molecule has 3 heterocycles. The molecule has 2 atom stereocenters. The van der Waals surface area contributed by atoms with Crippen molar-refractivity contribution in [2.75, 3.05) is 44.6 Å². The molecule has 42 heavy (non-hydrogen) atoms. The first-order chi connectivity index (χ1) is 20.4. The number of halogens is 1. The average molecular weight is 593 g/mol. The second kappa shape index (κ2) is 11.9. The number of amides is 1. The smallest absolute Gasteiger partial charge is 0.328 e. The third-order valence-corrected chi connectivity index (χ3v) is 7.88. The Balaban J connectivity index is 1.13. The number of anilines is 2. The standard InChI is InChI=1S/C30H33ClN6O5/c1-36(15-19-5-6-20(39-2)13-26(19)40-3)23-14-27(31)35-29-28(23)33-17-37(29)30(38)34-21-7-9-24(21)42-16-18-4-8-25-22(12-18)32-10-11-41-25/h4-6,8,12-14,17,21,24,32H,7,9-11,15-16H2,1-3H3,(H,34,38)/t21-,24-/m1/s1. The van der Waals surface area contributed by atoms with Crippen molar-refractivity contribution in [1.82, 2.24) is 19.9 Å². The van der Waals surface area contributed by atoms with Crippen molar-refractivity contribution in [3.8, 4) is 17.2 Å². The zero-order valence-electron chi connectivity index (χ0n) is 23.7. The summed E-state index contributed by atoms with van der Waals surface area (Å²) in [5, 5.41) is 6.69. The first kappa shape index (κ1) is 27.9. The zero-order chi connectivity index (χ0) is 29.2. The largest absolute Gasteiger partial charge is 0.497 e. The molecule has 220 valence electrons. The van der Waals surface area contributed by atoms with Crippen molar-refractivity contribution in [1.29, 1.82) is 0 Å². The van der Waals surface area contributed by atoms with E-state index in [1.54, 1.807) is 20.3 Å². The number of rotatable bonds is 9. The molecule has 1 aliphatic carbocycles. The van der Waals surface area contributed by atoms with E-state index in [9.17, 15) is 4.79 Å². The number of carbonyl (C=O) groups excluding carboxylic acids is 1. The number of imidazole rings is 1. The number of benzene rings is 2. The van der Waals surface area contributed by atoms with Gasteiger partial charge in [-0.15, -0.1) is 0 Å². The SMILES string of the molecule is COc1ccc(CN(C)c2cc(Cl)nc3c2ncn3C(=O)N[C@@H]2CC[C@H]2OCc2ccc3c(c2)NCCO3)c(OC)c1. The molecule has 1 amide bonds. The third-order valence-electron chi connectivity index (χ3n) is 7.69. The van der Waals surface area contributed by atoms with Gasteiger partial charge in [0.15, 0.2) is 5.65 Å². The van der Waals surface area contributed by atoms with E-state index < -0.39 is 0 Å². The van der Waals surface area contributed by atoms with Gasteiger partial charge >= 0.3 is 6.03 Å². The van der Waals surface area contributed by atoms with Crippen molar-refractivity contribution in [2.45, 2.75) is 38.1 Å². The molecular formula is C30H33ClN6O5. The molecule has 2 aliphatic rings. The first-order valence-corrected chi connectivity index (χ1v) is 14.2. The van der Waals surface area contributed by atoms with Crippen LogP contribution in [0.25, 0.3) is 11.2 Å². The van der Waals surface area contributed by atoms with E-state index >= 15 is 0 Å². The number of nitrogens with one attached hydrogen (secondary N) is 2. The molecule has 4 aromatic rings. The van der Waals surface area contributed by atoms with Gasteiger partial charge in [0.25, 0.3) is 0 Å². The Morgan fingerprint density at radius 3 is 2.86 bits per heavy atom. The van der Waals surface area contributed by atoms with Gasteiger partial charge in [0.2, 0.25) is 0 Å². The van der Waals surface area contributed by atoms with E-state index in [1.165, 1.54) is 10.9 Å². The summed E-state index contributed by atoms with van der Waals surface area (Å²) in [5.74, 6) is 2.27. The summed E-state index contributed by atoms with van der Waals surface area (Å²) < 4.78 is 24.1. The normalized spacial score (nSPS) is 17.4. The summed E-state index contributed by atoms with van der Waals surface area (Å²) >= 11 is 6.43. The van der Waals surface area contributed by atoms with Crippen LogP contribution in [0.15, 0.2) is 48.8 Å². The van der Waals surface area contributed by atoms with Gasteiger partial charge in [-0.3, -0.25) is 0 Å². The number of carbonyl (C=O) groups is 1. The average Bonchev–Trinajstić information content (AvgIpc) is 3.42. The van der Waals surface area contributed by atoms with Gasteiger partial charge in [-0.25, -0.2) is 19.3 Å². The van der Waals surface area contributed by atoms with Gasteiger partial charge in [-0.1, -0.05) is 17.7 Å². The number of aromatic nitrogens is 3. The van der Waals surface area contributed by atoms with Crippen LogP contribution in [-0.2, 0) is 17.9 Å². The summed E-state index contributed by atoms with van der Waals surface area (Å²) in [6.07, 6.45) is 3.09. The summed E-state index contributed by atoms with van der Waals surface area (Å²) in [6, 6.07) is 13.0. The molecule has 0 bridgehead atoms. The van der Waals surface area contributed by atoms with Gasteiger partial charge in [-0.2, -0.15) is 0 Å². The van der Waals surface area contributed by atoms with E-state index in [0.29, 0.717) is 42.4 Å². The highest BCUT2D eigenvalue weighted by Gasteiger charge is 2.34. The van der Waals surface area contributed by atoms with Gasteiger partial charge in [0.05, 0.1) is 44.3 Å². The fraction of sp³-hybridized carbons (Fsp3) is 0.367. The van der Waals surface area contributed by atoms with Crippen LogP contribution in [0.4, 0.5) is 16.2 Å². The van der Waals surface area contributed by atoms with Gasteiger partial charge in [-0.05, 0) is 42.7 Å².